The molecule has 0 aliphatic carbocycles. The Labute approximate surface area is 51.1 Å². The summed E-state index contributed by atoms with van der Waals surface area (Å²) in [4.78, 5) is 1.90. The average molecular weight is 114 g/mol. The van der Waals surface area contributed by atoms with Crippen LogP contribution in [0.2, 0.25) is 0 Å². The molecule has 0 rings (SSSR count). The molecule has 0 aliphatic rings. The van der Waals surface area contributed by atoms with Crippen molar-refractivity contribution in [1.29, 1.82) is 0 Å². The molecule has 0 saturated heterocycles. The maximum atomic E-state index is 9.96. The molecular formula is C6H12NO. The van der Waals surface area contributed by atoms with Crippen LogP contribution in [-0.2, 0) is 0 Å². The van der Waals surface area contributed by atoms with Gasteiger partial charge in [-0.25, -0.2) is 0 Å². The zero-order valence-corrected chi connectivity index (χ0v) is 5.10. The molecule has 8 heavy (non-hydrogen) atoms. The Kier molecular flexibility index (Phi) is 4.81. The highest BCUT2D eigenvalue weighted by molar-refractivity contribution is 4.57. The van der Waals surface area contributed by atoms with Crippen molar-refractivity contribution in [1.82, 2.24) is 4.90 Å². The summed E-state index contributed by atoms with van der Waals surface area (Å²) in [6.07, 6.45) is 0. The molecule has 0 unspecified atom stereocenters. The molecule has 0 bridgehead atoms. The normalized spacial score (nSPS) is 10.4. The van der Waals surface area contributed by atoms with Crippen LogP contribution in [0.25, 0.3) is 0 Å². The fourth-order valence-electron chi connectivity index (χ4n) is 0.465. The topological polar surface area (TPSA) is 26.3 Å². The molecule has 0 N–H and O–H groups in total. The van der Waals surface area contributed by atoms with Crippen LogP contribution in [-0.4, -0.2) is 31.1 Å². The van der Waals surface area contributed by atoms with Crippen LogP contribution in [0.4, 0.5) is 0 Å². The molecule has 0 atom stereocenters. The first-order valence-electron chi connectivity index (χ1n) is 2.74. The van der Waals surface area contributed by atoms with Crippen molar-refractivity contribution in [2.45, 2.75) is 0 Å². The molecule has 0 spiro atoms. The van der Waals surface area contributed by atoms with Gasteiger partial charge in [-0.1, -0.05) is 0 Å². The maximum Gasteiger partial charge on any atom is 0.138 e. The first-order chi connectivity index (χ1) is 3.85. The Hall–Kier alpha value is -0.210. The summed E-state index contributed by atoms with van der Waals surface area (Å²) in [7, 11) is 0. The fourth-order valence-corrected chi connectivity index (χ4v) is 0.465. The van der Waals surface area contributed by atoms with Crippen LogP contribution < -0.4 is 5.11 Å². The standard InChI is InChI=1S/C6H12NO/c1-3-7(4-2)5-6-8/h1-6H2. The summed E-state index contributed by atoms with van der Waals surface area (Å²) in [5, 5.41) is 9.96. The molecule has 0 saturated carbocycles. The number of hydrogen-bond donors (Lipinski definition) is 0. The van der Waals surface area contributed by atoms with Crippen molar-refractivity contribution >= 4 is 0 Å². The third kappa shape index (κ3) is 2.88. The Morgan fingerprint density at radius 1 is 1.62 bits per heavy atom. The number of nitrogens with zero attached hydrogens (tertiary/aromatic N) is 1. The van der Waals surface area contributed by atoms with E-state index in [1.807, 2.05) is 4.90 Å². The van der Waals surface area contributed by atoms with Gasteiger partial charge in [0.15, 0.2) is 0 Å². The van der Waals surface area contributed by atoms with E-state index >= 15 is 0 Å². The maximum absolute atomic E-state index is 9.96. The van der Waals surface area contributed by atoms with Gasteiger partial charge in [0.05, 0.1) is 6.92 Å². The molecule has 1 radical (unpaired) electrons. The van der Waals surface area contributed by atoms with Crippen molar-refractivity contribution in [3.63, 3.8) is 0 Å². The first kappa shape index (κ1) is 7.79. The second kappa shape index (κ2) is 4.94. The van der Waals surface area contributed by atoms with Crippen molar-refractivity contribution in [2.75, 3.05) is 26.2 Å². The molecule has 0 heterocycles. The van der Waals surface area contributed by atoms with E-state index in [2.05, 4.69) is 13.8 Å². The molecule has 47 valence electrons. The van der Waals surface area contributed by atoms with Crippen LogP contribution in [0, 0.1) is 13.8 Å². The quantitative estimate of drug-likeness (QED) is 0.452. The van der Waals surface area contributed by atoms with E-state index in [4.69, 9.17) is 0 Å². The largest absolute Gasteiger partial charge is 0.854 e. The smallest absolute Gasteiger partial charge is 0.138 e. The van der Waals surface area contributed by atoms with Gasteiger partial charge in [0, 0.05) is 6.54 Å². The molecule has 0 aromatic carbocycles. The van der Waals surface area contributed by atoms with Crippen LogP contribution in [0.3, 0.4) is 0 Å². The predicted molar refractivity (Wildman–Crippen MR) is 32.0 cm³/mol. The Morgan fingerprint density at radius 3 is 2.38 bits per heavy atom. The highest BCUT2D eigenvalue weighted by Gasteiger charge is 1.95. The van der Waals surface area contributed by atoms with Gasteiger partial charge in [-0.05, 0) is 13.5 Å². The summed E-state index contributed by atoms with van der Waals surface area (Å²) < 4.78 is 0. The third-order valence-corrected chi connectivity index (χ3v) is 1.04. The lowest BCUT2D eigenvalue weighted by molar-refractivity contribution is -0.368. The van der Waals surface area contributed by atoms with Crippen LogP contribution >= 0.6 is 0 Å². The van der Waals surface area contributed by atoms with Gasteiger partial charge >= 0.3 is 0 Å². The van der Waals surface area contributed by atoms with Crippen LogP contribution in [0.1, 0.15) is 0 Å². The minimum Gasteiger partial charge on any atom is -0.854 e. The van der Waals surface area contributed by atoms with E-state index in [-0.39, 0.29) is 6.61 Å². The van der Waals surface area contributed by atoms with Gasteiger partial charge in [-0.2, -0.15) is 0 Å². The second-order valence-electron chi connectivity index (χ2n) is 1.55. The lowest BCUT2D eigenvalue weighted by Gasteiger charge is -2.15. The average Bonchev–Trinajstić information content (AvgIpc) is 1.83. The third-order valence-electron chi connectivity index (χ3n) is 1.04. The zero-order chi connectivity index (χ0) is 6.41. The highest BCUT2D eigenvalue weighted by Crippen LogP contribution is 1.80. The van der Waals surface area contributed by atoms with Gasteiger partial charge in [-0.3, -0.25) is 4.90 Å². The SMILES string of the molecule is [CH2]CN(C[CH2+])CC[O-]. The summed E-state index contributed by atoms with van der Waals surface area (Å²) in [5.74, 6) is 0. The molecule has 0 amide bonds. The van der Waals surface area contributed by atoms with Crippen LogP contribution in [0.5, 0.6) is 0 Å². The first-order valence-corrected chi connectivity index (χ1v) is 2.74. The predicted octanol–water partition coefficient (Wildman–Crippen LogP) is -0.683. The molecule has 2 nitrogen and oxygen atoms in total. The van der Waals surface area contributed by atoms with E-state index in [0.717, 1.165) is 0 Å². The van der Waals surface area contributed by atoms with Gasteiger partial charge in [0.25, 0.3) is 0 Å². The van der Waals surface area contributed by atoms with Gasteiger partial charge in [-0.15, -0.1) is 6.61 Å². The fraction of sp³-hybridized carbons (Fsp3) is 0.667. The Balaban J connectivity index is 3.07. The van der Waals surface area contributed by atoms with Crippen molar-refractivity contribution in [3.8, 4) is 0 Å². The van der Waals surface area contributed by atoms with Gasteiger partial charge in [0.2, 0.25) is 0 Å². The van der Waals surface area contributed by atoms with Crippen molar-refractivity contribution in [2.24, 2.45) is 0 Å². The van der Waals surface area contributed by atoms with E-state index < -0.39 is 0 Å². The highest BCUT2D eigenvalue weighted by atomic mass is 16.3. The monoisotopic (exact) mass is 114 g/mol. The van der Waals surface area contributed by atoms with E-state index in [9.17, 15) is 5.11 Å². The van der Waals surface area contributed by atoms with Crippen molar-refractivity contribution < 1.29 is 5.11 Å². The lowest BCUT2D eigenvalue weighted by Crippen LogP contribution is -2.30. The molecule has 0 aromatic heterocycles. The molecule has 0 fully saturated rings. The summed E-state index contributed by atoms with van der Waals surface area (Å²) in [6, 6.07) is 0. The van der Waals surface area contributed by atoms with Crippen molar-refractivity contribution in [3.05, 3.63) is 13.8 Å². The Bertz CT molecular complexity index is 43.8. The number of hydrogen-bond acceptors (Lipinski definition) is 2. The molecule has 0 aromatic rings. The van der Waals surface area contributed by atoms with Gasteiger partial charge in [0.1, 0.15) is 6.54 Å². The second-order valence-corrected chi connectivity index (χ2v) is 1.55. The minimum atomic E-state index is -0.0506. The summed E-state index contributed by atoms with van der Waals surface area (Å²) >= 11 is 0. The molecular weight excluding hydrogens is 102 g/mol. The number of rotatable bonds is 4. The minimum absolute atomic E-state index is 0.0506. The molecule has 2 heteroatoms. The Morgan fingerprint density at radius 2 is 2.25 bits per heavy atom. The van der Waals surface area contributed by atoms with Crippen LogP contribution in [0.15, 0.2) is 0 Å². The summed E-state index contributed by atoms with van der Waals surface area (Å²) in [6.45, 7) is 9.14. The molecule has 0 aliphatic heterocycles. The van der Waals surface area contributed by atoms with E-state index in [1.54, 1.807) is 0 Å². The van der Waals surface area contributed by atoms with E-state index in [0.29, 0.717) is 19.6 Å². The lowest BCUT2D eigenvalue weighted by atomic mass is 10.5. The summed E-state index contributed by atoms with van der Waals surface area (Å²) in [5.41, 5.74) is 0. The zero-order valence-electron chi connectivity index (χ0n) is 5.10. The van der Waals surface area contributed by atoms with Gasteiger partial charge < -0.3 is 5.11 Å². The van der Waals surface area contributed by atoms with E-state index in [1.165, 1.54) is 0 Å².